The summed E-state index contributed by atoms with van der Waals surface area (Å²) >= 11 is 0. The maximum absolute atomic E-state index is 12.0. The zero-order chi connectivity index (χ0) is 16.9. The van der Waals surface area contributed by atoms with E-state index in [-0.39, 0.29) is 12.3 Å². The van der Waals surface area contributed by atoms with Crippen molar-refractivity contribution in [3.63, 3.8) is 0 Å². The van der Waals surface area contributed by atoms with Crippen LogP contribution >= 0.6 is 0 Å². The molecule has 2 amide bonds. The number of carbonyl (C=O) groups is 1. The molecule has 2 rings (SSSR count). The first kappa shape index (κ1) is 17.6. The molecule has 0 aliphatic carbocycles. The maximum atomic E-state index is 12.0. The van der Waals surface area contributed by atoms with Gasteiger partial charge in [-0.2, -0.15) is 0 Å². The molecular weight excluding hydrogens is 316 g/mol. The third-order valence-electron chi connectivity index (χ3n) is 3.72. The molecule has 8 heteroatoms. The van der Waals surface area contributed by atoms with Crippen molar-refractivity contribution in [1.29, 1.82) is 0 Å². The molecule has 128 valence electrons. The predicted molar refractivity (Wildman–Crippen MR) is 92.4 cm³/mol. The first-order chi connectivity index (χ1) is 10.9. The van der Waals surface area contributed by atoms with Gasteiger partial charge in [-0.1, -0.05) is 6.07 Å². The number of amides is 2. The van der Waals surface area contributed by atoms with Crippen molar-refractivity contribution in [3.05, 3.63) is 24.3 Å². The van der Waals surface area contributed by atoms with Gasteiger partial charge in [0.25, 0.3) is 0 Å². The van der Waals surface area contributed by atoms with Crippen molar-refractivity contribution < 1.29 is 13.2 Å². The Morgan fingerprint density at radius 2 is 1.96 bits per heavy atom. The smallest absolute Gasteiger partial charge is 0.319 e. The molecule has 1 aromatic rings. The van der Waals surface area contributed by atoms with Crippen LogP contribution in [0.2, 0.25) is 0 Å². The normalized spacial score (nSPS) is 15.4. The number of nitrogens with zero attached hydrogens (tertiary/aromatic N) is 2. The molecule has 0 spiro atoms. The number of benzene rings is 1. The van der Waals surface area contributed by atoms with E-state index >= 15 is 0 Å². The average Bonchev–Trinajstić information content (AvgIpc) is 3.02. The SMILES string of the molecule is CN(C)c1cccc(NC(=O)NCCS(=O)(=O)N2CCCC2)c1. The van der Waals surface area contributed by atoms with Crippen LogP contribution < -0.4 is 15.5 Å². The van der Waals surface area contributed by atoms with Gasteiger partial charge in [0.1, 0.15) is 0 Å². The quantitative estimate of drug-likeness (QED) is 0.818. The summed E-state index contributed by atoms with van der Waals surface area (Å²) in [5, 5.41) is 5.30. The highest BCUT2D eigenvalue weighted by Crippen LogP contribution is 2.17. The first-order valence-corrected chi connectivity index (χ1v) is 9.29. The van der Waals surface area contributed by atoms with E-state index in [0.717, 1.165) is 18.5 Å². The predicted octanol–water partition coefficient (Wildman–Crippen LogP) is 1.30. The molecule has 1 aliphatic heterocycles. The molecule has 0 aromatic heterocycles. The van der Waals surface area contributed by atoms with Gasteiger partial charge in [0.2, 0.25) is 10.0 Å². The Hall–Kier alpha value is -1.80. The topological polar surface area (TPSA) is 81.8 Å². The highest BCUT2D eigenvalue weighted by atomic mass is 32.2. The van der Waals surface area contributed by atoms with Crippen LogP contribution in [0.15, 0.2) is 24.3 Å². The molecule has 0 atom stereocenters. The Morgan fingerprint density at radius 3 is 2.61 bits per heavy atom. The number of sulfonamides is 1. The number of hydrogen-bond acceptors (Lipinski definition) is 4. The lowest BCUT2D eigenvalue weighted by molar-refractivity contribution is 0.252. The van der Waals surface area contributed by atoms with E-state index in [1.54, 1.807) is 6.07 Å². The van der Waals surface area contributed by atoms with Crippen LogP contribution in [0.25, 0.3) is 0 Å². The minimum atomic E-state index is -3.26. The fourth-order valence-corrected chi connectivity index (χ4v) is 3.86. The summed E-state index contributed by atoms with van der Waals surface area (Å²) in [5.41, 5.74) is 1.63. The van der Waals surface area contributed by atoms with Gasteiger partial charge < -0.3 is 15.5 Å². The molecule has 23 heavy (non-hydrogen) atoms. The van der Waals surface area contributed by atoms with Crippen molar-refractivity contribution in [2.45, 2.75) is 12.8 Å². The van der Waals surface area contributed by atoms with Crippen molar-refractivity contribution in [1.82, 2.24) is 9.62 Å². The second-order valence-electron chi connectivity index (χ2n) is 5.75. The second-order valence-corrected chi connectivity index (χ2v) is 7.84. The van der Waals surface area contributed by atoms with Crippen LogP contribution in [-0.4, -0.2) is 58.2 Å². The van der Waals surface area contributed by atoms with Gasteiger partial charge in [0.05, 0.1) is 5.75 Å². The summed E-state index contributed by atoms with van der Waals surface area (Å²) in [5.74, 6) is -0.0713. The van der Waals surface area contributed by atoms with Crippen molar-refractivity contribution >= 4 is 27.4 Å². The molecule has 0 bridgehead atoms. The molecule has 0 radical (unpaired) electrons. The third kappa shape index (κ3) is 5.11. The number of hydrogen-bond donors (Lipinski definition) is 2. The van der Waals surface area contributed by atoms with Gasteiger partial charge >= 0.3 is 6.03 Å². The fourth-order valence-electron chi connectivity index (χ4n) is 2.43. The minimum Gasteiger partial charge on any atom is -0.378 e. The van der Waals surface area contributed by atoms with E-state index in [9.17, 15) is 13.2 Å². The van der Waals surface area contributed by atoms with Crippen LogP contribution in [0.1, 0.15) is 12.8 Å². The van der Waals surface area contributed by atoms with Crippen LogP contribution in [0, 0.1) is 0 Å². The molecule has 7 nitrogen and oxygen atoms in total. The molecule has 1 aliphatic rings. The minimum absolute atomic E-state index is 0.0713. The lowest BCUT2D eigenvalue weighted by Crippen LogP contribution is -2.37. The first-order valence-electron chi connectivity index (χ1n) is 7.68. The summed E-state index contributed by atoms with van der Waals surface area (Å²) < 4.78 is 25.6. The largest absolute Gasteiger partial charge is 0.378 e. The lowest BCUT2D eigenvalue weighted by atomic mass is 10.2. The number of carbonyl (C=O) groups excluding carboxylic acids is 1. The molecular formula is C15H24N4O3S. The molecule has 1 saturated heterocycles. The van der Waals surface area contributed by atoms with E-state index in [4.69, 9.17) is 0 Å². The summed E-state index contributed by atoms with van der Waals surface area (Å²) in [7, 11) is 0.576. The van der Waals surface area contributed by atoms with Crippen LogP contribution in [0.4, 0.5) is 16.2 Å². The number of anilines is 2. The molecule has 1 aromatic carbocycles. The average molecular weight is 340 g/mol. The summed E-state index contributed by atoms with van der Waals surface area (Å²) in [6, 6.07) is 7.01. The van der Waals surface area contributed by atoms with E-state index in [1.165, 1.54) is 4.31 Å². The Kier molecular flexibility index (Phi) is 5.84. The standard InChI is InChI=1S/C15H24N4O3S/c1-18(2)14-7-5-6-13(12-14)17-15(20)16-8-11-23(21,22)19-9-3-4-10-19/h5-7,12H,3-4,8-11H2,1-2H3,(H2,16,17,20). The van der Waals surface area contributed by atoms with Gasteiger partial charge in [-0.25, -0.2) is 17.5 Å². The Bertz CT molecular complexity index is 640. The third-order valence-corrected chi connectivity index (χ3v) is 5.60. The zero-order valence-electron chi connectivity index (χ0n) is 13.6. The molecule has 0 saturated carbocycles. The van der Waals surface area contributed by atoms with Crippen LogP contribution in [0.3, 0.4) is 0 Å². The Balaban J connectivity index is 1.80. The summed E-state index contributed by atoms with van der Waals surface area (Å²) in [6.45, 7) is 1.27. The molecule has 1 heterocycles. The second kappa shape index (κ2) is 7.65. The van der Waals surface area contributed by atoms with E-state index in [0.29, 0.717) is 18.8 Å². The van der Waals surface area contributed by atoms with Gasteiger partial charge in [-0.05, 0) is 31.0 Å². The van der Waals surface area contributed by atoms with Gasteiger partial charge in [0.15, 0.2) is 0 Å². The van der Waals surface area contributed by atoms with Crippen LogP contribution in [-0.2, 0) is 10.0 Å². The fraction of sp³-hybridized carbons (Fsp3) is 0.533. The van der Waals surface area contributed by atoms with E-state index in [1.807, 2.05) is 37.2 Å². The van der Waals surface area contributed by atoms with Crippen molar-refractivity contribution in [2.24, 2.45) is 0 Å². The molecule has 2 N–H and O–H groups in total. The number of nitrogens with one attached hydrogen (secondary N) is 2. The highest BCUT2D eigenvalue weighted by Gasteiger charge is 2.24. The number of rotatable bonds is 6. The zero-order valence-corrected chi connectivity index (χ0v) is 14.4. The lowest BCUT2D eigenvalue weighted by Gasteiger charge is -2.16. The van der Waals surface area contributed by atoms with Gasteiger partial charge in [0, 0.05) is 45.1 Å². The van der Waals surface area contributed by atoms with Gasteiger partial charge in [-0.3, -0.25) is 0 Å². The van der Waals surface area contributed by atoms with E-state index < -0.39 is 16.1 Å². The monoisotopic (exact) mass is 340 g/mol. The van der Waals surface area contributed by atoms with E-state index in [2.05, 4.69) is 10.6 Å². The number of urea groups is 1. The summed E-state index contributed by atoms with van der Waals surface area (Å²) in [6.07, 6.45) is 1.82. The molecule has 1 fully saturated rings. The Morgan fingerprint density at radius 1 is 1.26 bits per heavy atom. The Labute approximate surface area is 137 Å². The molecule has 0 unspecified atom stereocenters. The van der Waals surface area contributed by atoms with Crippen LogP contribution in [0.5, 0.6) is 0 Å². The van der Waals surface area contributed by atoms with Crippen molar-refractivity contribution in [3.8, 4) is 0 Å². The van der Waals surface area contributed by atoms with Crippen molar-refractivity contribution in [2.75, 3.05) is 49.7 Å². The maximum Gasteiger partial charge on any atom is 0.319 e. The highest BCUT2D eigenvalue weighted by molar-refractivity contribution is 7.89. The summed E-state index contributed by atoms with van der Waals surface area (Å²) in [4.78, 5) is 13.8. The van der Waals surface area contributed by atoms with Gasteiger partial charge in [-0.15, -0.1) is 0 Å².